The molecular formula is C7H6NO4S. The van der Waals surface area contributed by atoms with Crippen LogP contribution in [0, 0.1) is 0 Å². The molecule has 1 aromatic carbocycles. The van der Waals surface area contributed by atoms with Crippen LogP contribution in [0.1, 0.15) is 0 Å². The molecule has 0 saturated heterocycles. The molecule has 1 amide bonds. The molecule has 0 fully saturated rings. The Morgan fingerprint density at radius 2 is 1.77 bits per heavy atom. The second-order valence-corrected chi connectivity index (χ2v) is 3.77. The van der Waals surface area contributed by atoms with Crippen molar-refractivity contribution in [2.24, 2.45) is 0 Å². The molecule has 0 bridgehead atoms. The lowest BCUT2D eigenvalue weighted by Gasteiger charge is -1.98. The smallest absolute Gasteiger partial charge is 0.442 e. The lowest BCUT2D eigenvalue weighted by Crippen LogP contribution is -2.21. The molecule has 0 saturated carbocycles. The fourth-order valence-corrected chi connectivity index (χ4v) is 1.56. The average Bonchev–Trinajstić information content (AvgIpc) is 2.04. The van der Waals surface area contributed by atoms with Crippen LogP contribution >= 0.6 is 0 Å². The number of carboxylic acid groups (broad SMARTS) is 1. The van der Waals surface area contributed by atoms with Gasteiger partial charge in [-0.05, 0) is 12.1 Å². The van der Waals surface area contributed by atoms with Crippen molar-refractivity contribution in [1.29, 1.82) is 0 Å². The van der Waals surface area contributed by atoms with Crippen LogP contribution in [0.3, 0.4) is 0 Å². The van der Waals surface area contributed by atoms with E-state index in [1.165, 1.54) is 24.3 Å². The Morgan fingerprint density at radius 3 is 2.23 bits per heavy atom. The molecule has 13 heavy (non-hydrogen) atoms. The fourth-order valence-electron chi connectivity index (χ4n) is 0.748. The molecule has 0 spiro atoms. The summed E-state index contributed by atoms with van der Waals surface area (Å²) in [5.41, 5.74) is 0. The van der Waals surface area contributed by atoms with Crippen molar-refractivity contribution in [1.82, 2.24) is 4.72 Å². The van der Waals surface area contributed by atoms with Crippen molar-refractivity contribution in [2.45, 2.75) is 4.90 Å². The summed E-state index contributed by atoms with van der Waals surface area (Å²) in [5.74, 6) is 0. The third kappa shape index (κ3) is 2.45. The summed E-state index contributed by atoms with van der Waals surface area (Å²) in [4.78, 5) is 9.92. The van der Waals surface area contributed by atoms with Gasteiger partial charge in [-0.3, -0.25) is 0 Å². The van der Waals surface area contributed by atoms with Gasteiger partial charge in [0.15, 0.2) is 0 Å². The molecule has 1 N–H and O–H groups in total. The molecule has 0 aliphatic heterocycles. The monoisotopic (exact) mass is 200 g/mol. The summed E-state index contributed by atoms with van der Waals surface area (Å²) >= 11 is 0. The van der Waals surface area contributed by atoms with E-state index in [4.69, 9.17) is 5.11 Å². The van der Waals surface area contributed by atoms with Gasteiger partial charge in [0.25, 0.3) is 10.0 Å². The number of hydrogen-bond donors (Lipinski definition) is 1. The highest BCUT2D eigenvalue weighted by Crippen LogP contribution is 2.07. The Morgan fingerprint density at radius 1 is 1.23 bits per heavy atom. The molecule has 0 atom stereocenters. The van der Waals surface area contributed by atoms with Crippen LogP contribution in [0.25, 0.3) is 0 Å². The van der Waals surface area contributed by atoms with Crippen LogP contribution in [0.2, 0.25) is 0 Å². The molecule has 0 aliphatic carbocycles. The molecule has 69 valence electrons. The number of benzene rings is 1. The zero-order valence-corrected chi connectivity index (χ0v) is 7.23. The van der Waals surface area contributed by atoms with Gasteiger partial charge >= 0.3 is 6.09 Å². The van der Waals surface area contributed by atoms with Crippen molar-refractivity contribution < 1.29 is 18.3 Å². The minimum Gasteiger partial charge on any atom is -0.463 e. The van der Waals surface area contributed by atoms with Crippen LogP contribution in [0.15, 0.2) is 35.2 Å². The first kappa shape index (κ1) is 9.53. The van der Waals surface area contributed by atoms with E-state index in [-0.39, 0.29) is 4.90 Å². The molecule has 0 aromatic heterocycles. The first-order chi connectivity index (χ1) is 6.02. The van der Waals surface area contributed by atoms with Crippen LogP contribution < -0.4 is 4.72 Å². The normalized spacial score (nSPS) is 10.8. The Balaban J connectivity index is 3.02. The number of hydrogen-bond acceptors (Lipinski definition) is 3. The van der Waals surface area contributed by atoms with Crippen molar-refractivity contribution in [2.75, 3.05) is 0 Å². The Hall–Kier alpha value is -1.56. The van der Waals surface area contributed by atoms with E-state index in [2.05, 4.69) is 4.72 Å². The molecular weight excluding hydrogens is 194 g/mol. The molecule has 1 radical (unpaired) electrons. The molecule has 1 aromatic rings. The topological polar surface area (TPSA) is 85.5 Å². The Bertz CT molecular complexity index is 398. The number of amides is 1. The van der Waals surface area contributed by atoms with Crippen molar-refractivity contribution in [3.63, 3.8) is 0 Å². The zero-order chi connectivity index (χ0) is 9.90. The highest BCUT2D eigenvalue weighted by atomic mass is 32.2. The van der Waals surface area contributed by atoms with Gasteiger partial charge in [-0.15, -0.1) is 0 Å². The third-order valence-corrected chi connectivity index (χ3v) is 2.50. The molecule has 1 rings (SSSR count). The quantitative estimate of drug-likeness (QED) is 0.759. The minimum absolute atomic E-state index is 0.127. The maximum absolute atomic E-state index is 11.1. The van der Waals surface area contributed by atoms with Crippen LogP contribution in [-0.2, 0) is 10.0 Å². The number of carbonyl (C=O) groups is 1. The summed E-state index contributed by atoms with van der Waals surface area (Å²) in [6, 6.07) is 7.16. The Kier molecular flexibility index (Phi) is 2.52. The van der Waals surface area contributed by atoms with Crippen molar-refractivity contribution in [3.8, 4) is 0 Å². The second-order valence-electron chi connectivity index (χ2n) is 2.16. The van der Waals surface area contributed by atoms with Crippen LogP contribution in [0.4, 0.5) is 4.79 Å². The van der Waals surface area contributed by atoms with Gasteiger partial charge in [0.1, 0.15) is 0 Å². The number of sulfonamides is 1. The van der Waals surface area contributed by atoms with E-state index in [1.54, 1.807) is 6.07 Å². The van der Waals surface area contributed by atoms with E-state index < -0.39 is 16.1 Å². The average molecular weight is 200 g/mol. The summed E-state index contributed by atoms with van der Waals surface area (Å²) in [5, 5.41) is 8.16. The molecule has 0 unspecified atom stereocenters. The van der Waals surface area contributed by atoms with E-state index in [1.807, 2.05) is 0 Å². The standard InChI is InChI=1S/C7H6NO4S/c9-7(10)8-13(11,12)6-4-2-1-3-5-6/h1-5H,(H,9,10). The van der Waals surface area contributed by atoms with Gasteiger partial charge in [-0.2, -0.15) is 8.42 Å². The summed E-state index contributed by atoms with van der Waals surface area (Å²) in [7, 11) is -4.03. The summed E-state index contributed by atoms with van der Waals surface area (Å²) < 4.78 is 24.8. The first-order valence-electron chi connectivity index (χ1n) is 3.28. The lowest BCUT2D eigenvalue weighted by atomic mass is 10.4. The fraction of sp³-hybridized carbons (Fsp3) is 0. The zero-order valence-electron chi connectivity index (χ0n) is 6.41. The molecule has 0 heterocycles. The Labute approximate surface area is 75.1 Å². The lowest BCUT2D eigenvalue weighted by molar-refractivity contribution is 0.200. The van der Waals surface area contributed by atoms with Crippen LogP contribution in [0.5, 0.6) is 0 Å². The van der Waals surface area contributed by atoms with E-state index >= 15 is 0 Å². The van der Waals surface area contributed by atoms with Gasteiger partial charge in [-0.25, -0.2) is 4.79 Å². The SMILES string of the molecule is O=C(O)[N]S(=O)(=O)c1ccccc1. The van der Waals surface area contributed by atoms with Gasteiger partial charge in [0, 0.05) is 0 Å². The van der Waals surface area contributed by atoms with E-state index in [9.17, 15) is 13.2 Å². The molecule has 6 heteroatoms. The highest BCUT2D eigenvalue weighted by molar-refractivity contribution is 7.90. The van der Waals surface area contributed by atoms with Gasteiger partial charge in [-0.1, -0.05) is 22.9 Å². The summed E-state index contributed by atoms with van der Waals surface area (Å²) in [6.07, 6.45) is -1.72. The molecule has 5 nitrogen and oxygen atoms in total. The largest absolute Gasteiger partial charge is 0.463 e. The predicted molar refractivity (Wildman–Crippen MR) is 43.8 cm³/mol. The van der Waals surface area contributed by atoms with Crippen LogP contribution in [-0.4, -0.2) is 19.6 Å². The van der Waals surface area contributed by atoms with Crippen molar-refractivity contribution >= 4 is 16.1 Å². The van der Waals surface area contributed by atoms with Gasteiger partial charge in [0.2, 0.25) is 0 Å². The third-order valence-electron chi connectivity index (χ3n) is 1.24. The maximum Gasteiger partial charge on any atom is 0.442 e. The molecule has 0 aliphatic rings. The first-order valence-corrected chi connectivity index (χ1v) is 4.72. The summed E-state index contributed by atoms with van der Waals surface area (Å²) in [6.45, 7) is 0. The van der Waals surface area contributed by atoms with Gasteiger partial charge < -0.3 is 5.11 Å². The number of nitrogens with zero attached hydrogens (tertiary/aromatic N) is 1. The minimum atomic E-state index is -4.03. The van der Waals surface area contributed by atoms with Crippen molar-refractivity contribution in [3.05, 3.63) is 30.3 Å². The highest BCUT2D eigenvalue weighted by Gasteiger charge is 2.18. The van der Waals surface area contributed by atoms with E-state index in [0.29, 0.717) is 0 Å². The second kappa shape index (κ2) is 3.44. The predicted octanol–water partition coefficient (Wildman–Crippen LogP) is 0.658. The van der Waals surface area contributed by atoms with E-state index in [0.717, 1.165) is 0 Å². The maximum atomic E-state index is 11.1. The number of rotatable bonds is 2. The van der Waals surface area contributed by atoms with Gasteiger partial charge in [0.05, 0.1) is 4.90 Å².